The van der Waals surface area contributed by atoms with Crippen LogP contribution in [0.4, 0.5) is 11.4 Å². The third kappa shape index (κ3) is 4.96. The first-order valence-corrected chi connectivity index (χ1v) is 6.81. The van der Waals surface area contributed by atoms with Crippen LogP contribution in [0.5, 0.6) is 0 Å². The summed E-state index contributed by atoms with van der Waals surface area (Å²) < 4.78 is 0. The third-order valence-corrected chi connectivity index (χ3v) is 3.43. The predicted octanol–water partition coefficient (Wildman–Crippen LogP) is 3.11. The van der Waals surface area contributed by atoms with Gasteiger partial charge in [-0.05, 0) is 64.9 Å². The Morgan fingerprint density at radius 1 is 1.28 bits per heavy atom. The van der Waals surface area contributed by atoms with Crippen LogP contribution in [0.2, 0.25) is 0 Å². The lowest BCUT2D eigenvalue weighted by Gasteiger charge is -2.20. The van der Waals surface area contributed by atoms with Gasteiger partial charge in [0.25, 0.3) is 0 Å². The van der Waals surface area contributed by atoms with Crippen LogP contribution < -0.4 is 11.1 Å². The highest BCUT2D eigenvalue weighted by atomic mass is 15.1. The zero-order valence-corrected chi connectivity index (χ0v) is 12.2. The summed E-state index contributed by atoms with van der Waals surface area (Å²) in [5, 5.41) is 3.42. The van der Waals surface area contributed by atoms with Crippen LogP contribution in [0.15, 0.2) is 18.2 Å². The van der Waals surface area contributed by atoms with Gasteiger partial charge in [-0.3, -0.25) is 0 Å². The zero-order chi connectivity index (χ0) is 13.5. The van der Waals surface area contributed by atoms with E-state index in [1.165, 1.54) is 12.8 Å². The van der Waals surface area contributed by atoms with Gasteiger partial charge in [-0.1, -0.05) is 6.07 Å². The van der Waals surface area contributed by atoms with Gasteiger partial charge in [0.05, 0.1) is 0 Å². The van der Waals surface area contributed by atoms with Crippen molar-refractivity contribution in [2.75, 3.05) is 31.2 Å². The molecule has 0 fully saturated rings. The quantitative estimate of drug-likeness (QED) is 0.576. The number of anilines is 2. The number of nitrogens with two attached hydrogens (primary N) is 1. The molecule has 0 heterocycles. The highest BCUT2D eigenvalue weighted by Crippen LogP contribution is 2.16. The molecule has 0 aliphatic heterocycles. The molecule has 3 nitrogen and oxygen atoms in total. The van der Waals surface area contributed by atoms with Crippen LogP contribution in [0.25, 0.3) is 0 Å². The van der Waals surface area contributed by atoms with E-state index in [-0.39, 0.29) is 0 Å². The second-order valence-electron chi connectivity index (χ2n) is 5.28. The van der Waals surface area contributed by atoms with E-state index in [0.717, 1.165) is 30.0 Å². The van der Waals surface area contributed by atoms with Crippen molar-refractivity contribution in [3.63, 3.8) is 0 Å². The Hall–Kier alpha value is -1.22. The van der Waals surface area contributed by atoms with Gasteiger partial charge in [0.15, 0.2) is 0 Å². The van der Waals surface area contributed by atoms with Crippen molar-refractivity contribution in [1.29, 1.82) is 0 Å². The molecule has 0 amide bonds. The molecule has 0 saturated heterocycles. The second kappa shape index (κ2) is 7.27. The maximum absolute atomic E-state index is 5.88. The van der Waals surface area contributed by atoms with E-state index in [1.54, 1.807) is 0 Å². The van der Waals surface area contributed by atoms with Gasteiger partial charge in [-0.2, -0.15) is 0 Å². The monoisotopic (exact) mass is 249 g/mol. The molecular weight excluding hydrogens is 222 g/mol. The molecule has 3 N–H and O–H groups in total. The fourth-order valence-corrected chi connectivity index (χ4v) is 1.73. The van der Waals surface area contributed by atoms with Crippen molar-refractivity contribution in [2.24, 2.45) is 0 Å². The van der Waals surface area contributed by atoms with Gasteiger partial charge in [0.2, 0.25) is 0 Å². The summed E-state index contributed by atoms with van der Waals surface area (Å²) in [5.74, 6) is 0. The second-order valence-corrected chi connectivity index (χ2v) is 5.28. The van der Waals surface area contributed by atoms with Gasteiger partial charge >= 0.3 is 0 Å². The molecule has 18 heavy (non-hydrogen) atoms. The highest BCUT2D eigenvalue weighted by molar-refractivity contribution is 5.58. The van der Waals surface area contributed by atoms with E-state index < -0.39 is 0 Å². The summed E-state index contributed by atoms with van der Waals surface area (Å²) in [6, 6.07) is 6.79. The molecule has 1 aromatic carbocycles. The van der Waals surface area contributed by atoms with Crippen molar-refractivity contribution < 1.29 is 0 Å². The standard InChI is InChI=1S/C15H27N3/c1-12(2)18(4)10-6-5-9-17-14-8-7-13(3)15(16)11-14/h7-8,11-12,17H,5-6,9-10,16H2,1-4H3. The summed E-state index contributed by atoms with van der Waals surface area (Å²) in [6.45, 7) is 8.66. The zero-order valence-electron chi connectivity index (χ0n) is 12.2. The summed E-state index contributed by atoms with van der Waals surface area (Å²) in [6.07, 6.45) is 2.41. The number of nitrogens with one attached hydrogen (secondary N) is 1. The molecule has 1 aromatic rings. The maximum Gasteiger partial charge on any atom is 0.0364 e. The normalized spacial score (nSPS) is 11.2. The van der Waals surface area contributed by atoms with Crippen molar-refractivity contribution in [3.8, 4) is 0 Å². The van der Waals surface area contributed by atoms with Crippen LogP contribution >= 0.6 is 0 Å². The minimum absolute atomic E-state index is 0.634. The molecule has 102 valence electrons. The summed E-state index contributed by atoms with van der Waals surface area (Å²) in [5.41, 5.74) is 9.00. The minimum atomic E-state index is 0.634. The molecule has 0 unspecified atom stereocenters. The van der Waals surface area contributed by atoms with E-state index >= 15 is 0 Å². The molecule has 0 saturated carbocycles. The van der Waals surface area contributed by atoms with Crippen LogP contribution in [0.3, 0.4) is 0 Å². The van der Waals surface area contributed by atoms with Crippen LogP contribution in [-0.4, -0.2) is 31.1 Å². The lowest BCUT2D eigenvalue weighted by Crippen LogP contribution is -2.27. The van der Waals surface area contributed by atoms with E-state index in [0.29, 0.717) is 6.04 Å². The molecule has 0 atom stereocenters. The number of hydrogen-bond donors (Lipinski definition) is 2. The Labute approximate surface area is 111 Å². The third-order valence-electron chi connectivity index (χ3n) is 3.43. The Bertz CT molecular complexity index is 361. The van der Waals surface area contributed by atoms with Crippen molar-refractivity contribution in [1.82, 2.24) is 4.90 Å². The Balaban J connectivity index is 2.20. The number of hydrogen-bond acceptors (Lipinski definition) is 3. The molecule has 0 spiro atoms. The molecule has 1 rings (SSSR count). The lowest BCUT2D eigenvalue weighted by molar-refractivity contribution is 0.269. The average molecular weight is 249 g/mol. The molecule has 0 aromatic heterocycles. The molecule has 0 aliphatic rings. The SMILES string of the molecule is Cc1ccc(NCCCCN(C)C(C)C)cc1N. The number of unbranched alkanes of at least 4 members (excludes halogenated alkanes) is 1. The van der Waals surface area contributed by atoms with Gasteiger partial charge in [-0.15, -0.1) is 0 Å². The first-order valence-electron chi connectivity index (χ1n) is 6.81. The van der Waals surface area contributed by atoms with E-state index in [4.69, 9.17) is 5.73 Å². The fraction of sp³-hybridized carbons (Fsp3) is 0.600. The van der Waals surface area contributed by atoms with Crippen molar-refractivity contribution in [2.45, 2.75) is 39.7 Å². The van der Waals surface area contributed by atoms with Crippen molar-refractivity contribution in [3.05, 3.63) is 23.8 Å². The van der Waals surface area contributed by atoms with Gasteiger partial charge in [0.1, 0.15) is 0 Å². The minimum Gasteiger partial charge on any atom is -0.398 e. The predicted molar refractivity (Wildman–Crippen MR) is 81.1 cm³/mol. The molecule has 0 radical (unpaired) electrons. The number of aryl methyl sites for hydroxylation is 1. The number of nitrogens with zero attached hydrogens (tertiary/aromatic N) is 1. The maximum atomic E-state index is 5.88. The highest BCUT2D eigenvalue weighted by Gasteiger charge is 2.01. The topological polar surface area (TPSA) is 41.3 Å². The number of rotatable bonds is 7. The van der Waals surface area contributed by atoms with E-state index in [9.17, 15) is 0 Å². The Morgan fingerprint density at radius 2 is 2.00 bits per heavy atom. The molecule has 0 bridgehead atoms. The summed E-state index contributed by atoms with van der Waals surface area (Å²) >= 11 is 0. The number of nitrogen functional groups attached to an aromatic ring is 1. The van der Waals surface area contributed by atoms with Gasteiger partial charge < -0.3 is 16.0 Å². The average Bonchev–Trinajstić information content (AvgIpc) is 2.32. The fourth-order valence-electron chi connectivity index (χ4n) is 1.73. The van der Waals surface area contributed by atoms with Crippen molar-refractivity contribution >= 4 is 11.4 Å². The Morgan fingerprint density at radius 3 is 2.61 bits per heavy atom. The van der Waals surface area contributed by atoms with E-state index in [2.05, 4.69) is 43.2 Å². The molecule has 3 heteroatoms. The number of benzene rings is 1. The van der Waals surface area contributed by atoms with Gasteiger partial charge in [0, 0.05) is 24.0 Å². The van der Waals surface area contributed by atoms with Crippen LogP contribution in [0, 0.1) is 6.92 Å². The first-order chi connectivity index (χ1) is 8.50. The first kappa shape index (κ1) is 14.8. The van der Waals surface area contributed by atoms with Gasteiger partial charge in [-0.25, -0.2) is 0 Å². The largest absolute Gasteiger partial charge is 0.398 e. The van der Waals surface area contributed by atoms with E-state index in [1.807, 2.05) is 13.0 Å². The Kier molecular flexibility index (Phi) is 5.99. The smallest absolute Gasteiger partial charge is 0.0364 e. The lowest BCUT2D eigenvalue weighted by atomic mass is 10.2. The van der Waals surface area contributed by atoms with Crippen LogP contribution in [-0.2, 0) is 0 Å². The summed E-state index contributed by atoms with van der Waals surface area (Å²) in [4.78, 5) is 2.38. The molecule has 0 aliphatic carbocycles. The van der Waals surface area contributed by atoms with Crippen LogP contribution in [0.1, 0.15) is 32.3 Å². The summed E-state index contributed by atoms with van der Waals surface area (Å²) in [7, 11) is 2.18. The molecular formula is C15H27N3.